The van der Waals surface area contributed by atoms with Crippen molar-refractivity contribution in [3.8, 4) is 0 Å². The fraction of sp³-hybridized carbons (Fsp3) is 0.350. The van der Waals surface area contributed by atoms with Gasteiger partial charge in [-0.15, -0.1) is 0 Å². The molecule has 0 fully saturated rings. The Hall–Kier alpha value is -2.78. The molecule has 29 heavy (non-hydrogen) atoms. The second kappa shape index (κ2) is 7.57. The first-order chi connectivity index (χ1) is 13.9. The Morgan fingerprint density at radius 2 is 2.00 bits per heavy atom. The van der Waals surface area contributed by atoms with Gasteiger partial charge in [0.1, 0.15) is 18.2 Å². The lowest BCUT2D eigenvalue weighted by molar-refractivity contribution is -0.0971. The van der Waals surface area contributed by atoms with Crippen molar-refractivity contribution < 1.29 is 13.3 Å². The molecule has 0 radical (unpaired) electrons. The van der Waals surface area contributed by atoms with Gasteiger partial charge in [-0.25, -0.2) is 18.5 Å². The molecule has 0 saturated carbocycles. The number of hydrogen-bond acceptors (Lipinski definition) is 7. The van der Waals surface area contributed by atoms with Crippen molar-refractivity contribution in [3.05, 3.63) is 70.6 Å². The van der Waals surface area contributed by atoms with Crippen molar-refractivity contribution in [3.63, 3.8) is 0 Å². The van der Waals surface area contributed by atoms with E-state index in [1.54, 1.807) is 18.4 Å². The molecule has 4 rings (SSSR count). The van der Waals surface area contributed by atoms with Crippen LogP contribution in [0.5, 0.6) is 0 Å². The summed E-state index contributed by atoms with van der Waals surface area (Å²) in [7, 11) is -1.80. The van der Waals surface area contributed by atoms with Gasteiger partial charge in [0.05, 0.1) is 37.2 Å². The number of benzene rings is 1. The van der Waals surface area contributed by atoms with Crippen molar-refractivity contribution >= 4 is 16.2 Å². The molecule has 3 aliphatic rings. The standard InChI is InChI=1S/C20H25N5O3S/c1-15-12-23(10-9-16-7-5-4-6-8-16)20-19(18(15)22-29(3,26)27)21-11-17-13-24(28-2)14-25(17)20/h4-8,11,13,22H,9-10,12,14H2,1-3H3. The molecule has 3 aliphatic heterocycles. The zero-order valence-electron chi connectivity index (χ0n) is 16.8. The first kappa shape index (κ1) is 19.5. The molecule has 0 bridgehead atoms. The van der Waals surface area contributed by atoms with Gasteiger partial charge in [0, 0.05) is 13.1 Å². The van der Waals surface area contributed by atoms with Gasteiger partial charge < -0.3 is 9.80 Å². The van der Waals surface area contributed by atoms with E-state index in [2.05, 4.69) is 31.6 Å². The molecular formula is C20H25N5O3S. The average Bonchev–Trinajstić information content (AvgIpc) is 3.12. The van der Waals surface area contributed by atoms with Crippen LogP contribution in [0.1, 0.15) is 12.5 Å². The Labute approximate surface area is 171 Å². The van der Waals surface area contributed by atoms with Crippen LogP contribution >= 0.6 is 0 Å². The number of rotatable bonds is 6. The van der Waals surface area contributed by atoms with Gasteiger partial charge in [-0.1, -0.05) is 30.3 Å². The number of sulfonamides is 1. The molecule has 0 amide bonds. The minimum Gasteiger partial charge on any atom is -0.352 e. The maximum atomic E-state index is 12.0. The van der Waals surface area contributed by atoms with Crippen molar-refractivity contribution in [1.29, 1.82) is 0 Å². The van der Waals surface area contributed by atoms with Crippen LogP contribution in [0.15, 0.2) is 70.0 Å². The molecule has 1 N–H and O–H groups in total. The van der Waals surface area contributed by atoms with Crippen LogP contribution < -0.4 is 4.72 Å². The third-order valence-electron chi connectivity index (χ3n) is 5.09. The van der Waals surface area contributed by atoms with Crippen LogP contribution in [0.3, 0.4) is 0 Å². The van der Waals surface area contributed by atoms with Gasteiger partial charge in [-0.2, -0.15) is 0 Å². The van der Waals surface area contributed by atoms with Crippen molar-refractivity contribution in [1.82, 2.24) is 19.6 Å². The van der Waals surface area contributed by atoms with Gasteiger partial charge in [-0.05, 0) is 24.5 Å². The highest BCUT2D eigenvalue weighted by Crippen LogP contribution is 2.36. The Bertz CT molecular complexity index is 1030. The second-order valence-corrected chi connectivity index (χ2v) is 9.09. The molecule has 0 aliphatic carbocycles. The molecule has 1 aromatic rings. The smallest absolute Gasteiger partial charge is 0.229 e. The Morgan fingerprint density at radius 3 is 2.69 bits per heavy atom. The molecular weight excluding hydrogens is 390 g/mol. The number of allylic oxidation sites excluding steroid dienone is 1. The van der Waals surface area contributed by atoms with Crippen LogP contribution in [0.2, 0.25) is 0 Å². The van der Waals surface area contributed by atoms with E-state index < -0.39 is 10.0 Å². The molecule has 0 unspecified atom stereocenters. The van der Waals surface area contributed by atoms with Gasteiger partial charge in [0.15, 0.2) is 0 Å². The number of hydrogen-bond donors (Lipinski definition) is 1. The highest BCUT2D eigenvalue weighted by molar-refractivity contribution is 7.88. The maximum Gasteiger partial charge on any atom is 0.229 e. The molecule has 8 nitrogen and oxygen atoms in total. The molecule has 9 heteroatoms. The molecule has 0 saturated heterocycles. The molecule has 3 heterocycles. The average molecular weight is 416 g/mol. The fourth-order valence-electron chi connectivity index (χ4n) is 3.75. The van der Waals surface area contributed by atoms with E-state index in [1.165, 1.54) is 5.56 Å². The second-order valence-electron chi connectivity index (χ2n) is 7.34. The van der Waals surface area contributed by atoms with Gasteiger partial charge in [0.25, 0.3) is 0 Å². The van der Waals surface area contributed by atoms with E-state index >= 15 is 0 Å². The third-order valence-corrected chi connectivity index (χ3v) is 5.66. The van der Waals surface area contributed by atoms with Gasteiger partial charge in [0.2, 0.25) is 10.0 Å². The highest BCUT2D eigenvalue weighted by Gasteiger charge is 2.36. The first-order valence-electron chi connectivity index (χ1n) is 9.41. The van der Waals surface area contributed by atoms with E-state index in [0.717, 1.165) is 36.3 Å². The minimum atomic E-state index is -3.42. The zero-order chi connectivity index (χ0) is 20.6. The lowest BCUT2D eigenvalue weighted by atomic mass is 10.1. The van der Waals surface area contributed by atoms with Crippen LogP contribution in [0.4, 0.5) is 0 Å². The van der Waals surface area contributed by atoms with Gasteiger partial charge in [-0.3, -0.25) is 9.56 Å². The predicted octanol–water partition coefficient (Wildman–Crippen LogP) is 1.60. The predicted molar refractivity (Wildman–Crippen MR) is 112 cm³/mol. The number of aliphatic imine (C=N–C) groups is 1. The summed E-state index contributed by atoms with van der Waals surface area (Å²) in [5.41, 5.74) is 4.31. The zero-order valence-corrected chi connectivity index (χ0v) is 17.6. The largest absolute Gasteiger partial charge is 0.352 e. The monoisotopic (exact) mass is 415 g/mol. The summed E-state index contributed by atoms with van der Waals surface area (Å²) < 4.78 is 26.6. The summed E-state index contributed by atoms with van der Waals surface area (Å²) in [6.45, 7) is 3.87. The molecule has 0 atom stereocenters. The van der Waals surface area contributed by atoms with Gasteiger partial charge >= 0.3 is 0 Å². The maximum absolute atomic E-state index is 12.0. The summed E-state index contributed by atoms with van der Waals surface area (Å²) in [6.07, 6.45) is 5.67. The third kappa shape index (κ3) is 4.01. The van der Waals surface area contributed by atoms with E-state index in [1.807, 2.05) is 31.3 Å². The number of nitrogens with one attached hydrogen (secondary N) is 1. The summed E-state index contributed by atoms with van der Waals surface area (Å²) in [6, 6.07) is 10.3. The molecule has 0 aromatic heterocycles. The Balaban J connectivity index is 1.69. The Kier molecular flexibility index (Phi) is 5.10. The number of hydroxylamine groups is 2. The topological polar surface area (TPSA) is 77.5 Å². The molecule has 1 aromatic carbocycles. The van der Waals surface area contributed by atoms with Crippen LogP contribution in [-0.4, -0.2) is 62.6 Å². The van der Waals surface area contributed by atoms with Crippen molar-refractivity contribution in [2.45, 2.75) is 13.3 Å². The van der Waals surface area contributed by atoms with Crippen LogP contribution in [-0.2, 0) is 21.3 Å². The minimum absolute atomic E-state index is 0.518. The quantitative estimate of drug-likeness (QED) is 0.761. The summed E-state index contributed by atoms with van der Waals surface area (Å²) in [4.78, 5) is 14.3. The first-order valence-corrected chi connectivity index (χ1v) is 11.3. The summed E-state index contributed by atoms with van der Waals surface area (Å²) in [5, 5.41) is 1.72. The summed E-state index contributed by atoms with van der Waals surface area (Å²) >= 11 is 0. The number of nitrogens with zero attached hydrogens (tertiary/aromatic N) is 4. The van der Waals surface area contributed by atoms with Crippen molar-refractivity contribution in [2.75, 3.05) is 33.1 Å². The fourth-order valence-corrected chi connectivity index (χ4v) is 4.39. The highest BCUT2D eigenvalue weighted by atomic mass is 32.2. The lowest BCUT2D eigenvalue weighted by Gasteiger charge is -2.40. The number of fused-ring (bicyclic) bond motifs is 2. The SMILES string of the molecule is CON1C=C2C=NC3=C(N(CCc4ccccc4)CC(C)=C3NS(C)(=O)=O)N2C1. The molecule has 0 spiro atoms. The van der Waals surface area contributed by atoms with E-state index in [0.29, 0.717) is 24.6 Å². The van der Waals surface area contributed by atoms with Crippen LogP contribution in [0.25, 0.3) is 0 Å². The van der Waals surface area contributed by atoms with E-state index in [4.69, 9.17) is 4.84 Å². The van der Waals surface area contributed by atoms with Crippen molar-refractivity contribution in [2.24, 2.45) is 4.99 Å². The van der Waals surface area contributed by atoms with Crippen LogP contribution in [0, 0.1) is 0 Å². The van der Waals surface area contributed by atoms with E-state index in [9.17, 15) is 8.42 Å². The lowest BCUT2D eigenvalue weighted by Crippen LogP contribution is -2.44. The Morgan fingerprint density at radius 1 is 1.24 bits per heavy atom. The molecule has 154 valence electrons. The normalized spacial score (nSPS) is 18.9. The van der Waals surface area contributed by atoms with E-state index in [-0.39, 0.29) is 0 Å². The summed E-state index contributed by atoms with van der Waals surface area (Å²) in [5.74, 6) is 0.894.